The molecule has 1 fully saturated rings. The molecule has 2 heterocycles. The number of aliphatic hydroxyl groups is 1. The minimum Gasteiger partial charge on any atom is -0.508 e. The zero-order valence-corrected chi connectivity index (χ0v) is 17.6. The molecule has 5 rings (SSSR count). The number of aromatic hydroxyl groups is 1. The van der Waals surface area contributed by atoms with Crippen LogP contribution in [0.15, 0.2) is 96.8 Å². The largest absolute Gasteiger partial charge is 0.508 e. The number of aromatic nitrogens is 1. The Morgan fingerprint density at radius 3 is 2.33 bits per heavy atom. The van der Waals surface area contributed by atoms with Gasteiger partial charge in [0.1, 0.15) is 11.5 Å². The van der Waals surface area contributed by atoms with E-state index in [1.165, 1.54) is 17.0 Å². The zero-order chi connectivity index (χ0) is 22.9. The summed E-state index contributed by atoms with van der Waals surface area (Å²) in [5.74, 6) is -1.58. The van der Waals surface area contributed by atoms with Crippen LogP contribution in [0.25, 0.3) is 16.5 Å². The smallest absolute Gasteiger partial charge is 0.295 e. The van der Waals surface area contributed by atoms with Gasteiger partial charge in [-0.1, -0.05) is 54.6 Å². The highest BCUT2D eigenvalue weighted by atomic mass is 16.3. The molecule has 1 unspecified atom stereocenters. The Hall–Kier alpha value is -4.45. The molecule has 1 atom stereocenters. The lowest BCUT2D eigenvalue weighted by atomic mass is 9.93. The van der Waals surface area contributed by atoms with Crippen LogP contribution in [0.4, 0.5) is 0 Å². The topological polar surface area (TPSA) is 90.7 Å². The lowest BCUT2D eigenvalue weighted by molar-refractivity contribution is -0.140. The second-order valence-corrected chi connectivity index (χ2v) is 7.90. The normalized spacial score (nSPS) is 17.6. The van der Waals surface area contributed by atoms with E-state index >= 15 is 0 Å². The number of phenols is 1. The summed E-state index contributed by atoms with van der Waals surface area (Å²) in [5, 5.41) is 22.8. The number of aliphatic hydroxyl groups excluding tert-OH is 1. The van der Waals surface area contributed by atoms with E-state index < -0.39 is 17.7 Å². The van der Waals surface area contributed by atoms with Gasteiger partial charge in [0.2, 0.25) is 0 Å². The van der Waals surface area contributed by atoms with E-state index in [0.717, 1.165) is 16.3 Å². The fourth-order valence-corrected chi connectivity index (χ4v) is 4.31. The van der Waals surface area contributed by atoms with Crippen molar-refractivity contribution in [3.63, 3.8) is 0 Å². The molecule has 0 spiro atoms. The van der Waals surface area contributed by atoms with Gasteiger partial charge in [-0.05, 0) is 46.2 Å². The highest BCUT2D eigenvalue weighted by Gasteiger charge is 2.46. The third-order valence-electron chi connectivity index (χ3n) is 5.90. The van der Waals surface area contributed by atoms with E-state index in [2.05, 4.69) is 4.98 Å². The van der Waals surface area contributed by atoms with Crippen LogP contribution in [0, 0.1) is 0 Å². The molecule has 0 aliphatic carbocycles. The molecule has 0 saturated carbocycles. The number of benzene rings is 3. The Kier molecular flexibility index (Phi) is 5.11. The first-order chi connectivity index (χ1) is 16.0. The fourth-order valence-electron chi connectivity index (χ4n) is 4.31. The van der Waals surface area contributed by atoms with Gasteiger partial charge < -0.3 is 15.1 Å². The molecular formula is C27H20N2O4. The van der Waals surface area contributed by atoms with Gasteiger partial charge in [-0.15, -0.1) is 0 Å². The average Bonchev–Trinajstić information content (AvgIpc) is 3.09. The molecule has 0 radical (unpaired) electrons. The first kappa shape index (κ1) is 20.5. The highest BCUT2D eigenvalue weighted by molar-refractivity contribution is 6.46. The summed E-state index contributed by atoms with van der Waals surface area (Å²) in [6.07, 6.45) is 3.25. The number of Topliss-reactive ketones (excluding diaryl/α,β-unsaturated/α-hetero) is 1. The lowest BCUT2D eigenvalue weighted by Crippen LogP contribution is -2.29. The number of pyridine rings is 1. The zero-order valence-electron chi connectivity index (χ0n) is 17.6. The number of hydrogen-bond donors (Lipinski definition) is 2. The van der Waals surface area contributed by atoms with Crippen molar-refractivity contribution in [2.75, 3.05) is 0 Å². The third kappa shape index (κ3) is 3.61. The Bertz CT molecular complexity index is 1390. The van der Waals surface area contributed by atoms with E-state index in [9.17, 15) is 19.8 Å². The van der Waals surface area contributed by atoms with Gasteiger partial charge in [0.05, 0.1) is 11.6 Å². The fraction of sp³-hybridized carbons (Fsp3) is 0.0741. The van der Waals surface area contributed by atoms with E-state index in [1.807, 2.05) is 30.3 Å². The predicted molar refractivity (Wildman–Crippen MR) is 124 cm³/mol. The molecule has 6 nitrogen and oxygen atoms in total. The van der Waals surface area contributed by atoms with Crippen molar-refractivity contribution < 1.29 is 19.8 Å². The Morgan fingerprint density at radius 2 is 1.58 bits per heavy atom. The third-order valence-corrected chi connectivity index (χ3v) is 5.90. The van der Waals surface area contributed by atoms with Crippen LogP contribution < -0.4 is 0 Å². The number of nitrogens with zero attached hydrogens (tertiary/aromatic N) is 2. The van der Waals surface area contributed by atoms with Gasteiger partial charge in [0.15, 0.2) is 0 Å². The molecule has 1 aliphatic rings. The molecule has 6 heteroatoms. The predicted octanol–water partition coefficient (Wildman–Crippen LogP) is 4.56. The summed E-state index contributed by atoms with van der Waals surface area (Å²) in [6, 6.07) is 22.1. The summed E-state index contributed by atoms with van der Waals surface area (Å²) < 4.78 is 0. The van der Waals surface area contributed by atoms with E-state index in [-0.39, 0.29) is 23.6 Å². The maximum atomic E-state index is 13.2. The molecule has 1 amide bonds. The van der Waals surface area contributed by atoms with Gasteiger partial charge in [0.25, 0.3) is 11.7 Å². The number of carbonyl (C=O) groups is 2. The van der Waals surface area contributed by atoms with Gasteiger partial charge in [-0.2, -0.15) is 0 Å². The number of likely N-dealkylation sites (tertiary alicyclic amines) is 1. The second kappa shape index (κ2) is 8.24. The molecular weight excluding hydrogens is 416 g/mol. The SMILES string of the molecule is O=C1C(=O)N(Cc2ccncc2)C(c2ccc(O)cc2)/C1=C(/O)c1cccc2ccccc12. The van der Waals surface area contributed by atoms with Crippen LogP contribution in [0.3, 0.4) is 0 Å². The van der Waals surface area contributed by atoms with E-state index in [1.54, 1.807) is 48.8 Å². The number of rotatable bonds is 4. The molecule has 1 saturated heterocycles. The minimum absolute atomic E-state index is 0.0242. The molecule has 162 valence electrons. The average molecular weight is 436 g/mol. The van der Waals surface area contributed by atoms with Gasteiger partial charge in [0, 0.05) is 24.5 Å². The minimum atomic E-state index is -0.808. The van der Waals surface area contributed by atoms with Crippen molar-refractivity contribution in [2.45, 2.75) is 12.6 Å². The molecule has 0 bridgehead atoms. The van der Waals surface area contributed by atoms with Gasteiger partial charge in [-0.3, -0.25) is 14.6 Å². The van der Waals surface area contributed by atoms with Crippen molar-refractivity contribution >= 4 is 28.2 Å². The number of phenolic OH excluding ortho intramolecular Hbond substituents is 1. The van der Waals surface area contributed by atoms with Crippen molar-refractivity contribution in [2.24, 2.45) is 0 Å². The van der Waals surface area contributed by atoms with Crippen molar-refractivity contribution in [3.8, 4) is 5.75 Å². The van der Waals surface area contributed by atoms with Gasteiger partial charge >= 0.3 is 0 Å². The first-order valence-electron chi connectivity index (χ1n) is 10.5. The maximum absolute atomic E-state index is 13.2. The van der Waals surface area contributed by atoms with Crippen LogP contribution in [-0.4, -0.2) is 31.8 Å². The lowest BCUT2D eigenvalue weighted by Gasteiger charge is -2.25. The highest BCUT2D eigenvalue weighted by Crippen LogP contribution is 2.41. The standard InChI is InChI=1S/C27H20N2O4/c30-20-10-8-19(9-11-20)24-23(25(31)22-7-3-5-18-4-1-2-6-21(18)22)26(32)27(33)29(24)16-17-12-14-28-15-13-17/h1-15,24,30-31H,16H2/b25-23-. The summed E-state index contributed by atoms with van der Waals surface area (Å²) in [6.45, 7) is 0.172. The number of carbonyl (C=O) groups excluding carboxylic acids is 2. The molecule has 4 aromatic rings. The molecule has 33 heavy (non-hydrogen) atoms. The number of amides is 1. The van der Waals surface area contributed by atoms with E-state index in [4.69, 9.17) is 0 Å². The van der Waals surface area contributed by atoms with Gasteiger partial charge in [-0.25, -0.2) is 0 Å². The van der Waals surface area contributed by atoms with Crippen LogP contribution in [0.1, 0.15) is 22.7 Å². The number of fused-ring (bicyclic) bond motifs is 1. The van der Waals surface area contributed by atoms with Crippen molar-refractivity contribution in [3.05, 3.63) is 114 Å². The Labute approximate surface area is 190 Å². The molecule has 1 aliphatic heterocycles. The van der Waals surface area contributed by atoms with Crippen LogP contribution in [0.2, 0.25) is 0 Å². The molecule has 1 aromatic heterocycles. The van der Waals surface area contributed by atoms with E-state index in [0.29, 0.717) is 11.1 Å². The maximum Gasteiger partial charge on any atom is 0.295 e. The number of ketones is 1. The molecule has 2 N–H and O–H groups in total. The quantitative estimate of drug-likeness (QED) is 0.278. The molecule has 3 aromatic carbocycles. The van der Waals surface area contributed by atoms with Crippen LogP contribution >= 0.6 is 0 Å². The summed E-state index contributed by atoms with van der Waals surface area (Å²) >= 11 is 0. The van der Waals surface area contributed by atoms with Crippen molar-refractivity contribution in [1.29, 1.82) is 0 Å². The summed E-state index contributed by atoms with van der Waals surface area (Å²) in [4.78, 5) is 31.8. The Morgan fingerprint density at radius 1 is 0.879 bits per heavy atom. The van der Waals surface area contributed by atoms with Crippen LogP contribution in [0.5, 0.6) is 5.75 Å². The van der Waals surface area contributed by atoms with Crippen LogP contribution in [-0.2, 0) is 16.1 Å². The Balaban J connectivity index is 1.71. The number of hydrogen-bond acceptors (Lipinski definition) is 5. The summed E-state index contributed by atoms with van der Waals surface area (Å²) in [5.41, 5.74) is 1.93. The second-order valence-electron chi connectivity index (χ2n) is 7.90. The monoisotopic (exact) mass is 436 g/mol. The summed E-state index contributed by atoms with van der Waals surface area (Å²) in [7, 11) is 0. The van der Waals surface area contributed by atoms with Crippen molar-refractivity contribution in [1.82, 2.24) is 9.88 Å². The first-order valence-corrected chi connectivity index (χ1v) is 10.5.